The molecule has 3 heteroatoms. The highest BCUT2D eigenvalue weighted by Gasteiger charge is 2.28. The van der Waals surface area contributed by atoms with Crippen LogP contribution in [0, 0.1) is 0 Å². The van der Waals surface area contributed by atoms with Crippen LogP contribution < -0.4 is 0 Å². The number of fused-ring (bicyclic) bond motifs is 5. The van der Waals surface area contributed by atoms with Crippen molar-refractivity contribution < 1.29 is 0 Å². The van der Waals surface area contributed by atoms with Crippen LogP contribution in [-0.2, 0) is 10.8 Å². The van der Waals surface area contributed by atoms with E-state index in [1.165, 1.54) is 49.2 Å². The molecular weight excluding hydrogens is 498 g/mol. The molecule has 202 valence electrons. The Labute approximate surface area is 241 Å². The molecule has 7 aromatic rings. The van der Waals surface area contributed by atoms with E-state index in [-0.39, 0.29) is 10.8 Å². The maximum absolute atomic E-state index is 4.92. The van der Waals surface area contributed by atoms with E-state index >= 15 is 0 Å². The topological polar surface area (TPSA) is 30.2 Å². The lowest BCUT2D eigenvalue weighted by Crippen LogP contribution is -2.18. The Balaban J connectivity index is 1.46. The van der Waals surface area contributed by atoms with Crippen LogP contribution in [0.4, 0.5) is 0 Å². The first-order chi connectivity index (χ1) is 19.6. The number of hydrogen-bond donors (Lipinski definition) is 0. The second-order valence-electron chi connectivity index (χ2n) is 13.2. The summed E-state index contributed by atoms with van der Waals surface area (Å²) in [6, 6.07) is 30.7. The van der Waals surface area contributed by atoms with Gasteiger partial charge in [0.1, 0.15) is 5.65 Å². The molecule has 0 aliphatic heterocycles. The Hall–Kier alpha value is -4.50. The second kappa shape index (κ2) is 9.01. The summed E-state index contributed by atoms with van der Waals surface area (Å²) in [5.41, 5.74) is 9.22. The molecule has 0 amide bonds. The quantitative estimate of drug-likeness (QED) is 0.163. The number of rotatable bonds is 2. The highest BCUT2D eigenvalue weighted by molar-refractivity contribution is 6.16. The van der Waals surface area contributed by atoms with Crippen molar-refractivity contribution >= 4 is 38.1 Å². The Morgan fingerprint density at radius 3 is 2.05 bits per heavy atom. The third-order valence-corrected chi connectivity index (χ3v) is 8.23. The Morgan fingerprint density at radius 2 is 1.32 bits per heavy atom. The molecule has 0 bridgehead atoms. The minimum absolute atomic E-state index is 0.0546. The van der Waals surface area contributed by atoms with Gasteiger partial charge in [0, 0.05) is 34.9 Å². The molecule has 3 aromatic heterocycles. The highest BCUT2D eigenvalue weighted by atomic mass is 15.0. The van der Waals surface area contributed by atoms with Crippen LogP contribution in [0.5, 0.6) is 0 Å². The van der Waals surface area contributed by atoms with Crippen LogP contribution in [0.15, 0.2) is 104 Å². The van der Waals surface area contributed by atoms with Gasteiger partial charge in [0.05, 0.1) is 11.2 Å². The molecular formula is C38H35N3. The largest absolute Gasteiger partial charge is 0.306 e. The van der Waals surface area contributed by atoms with Gasteiger partial charge in [-0.3, -0.25) is 4.98 Å². The minimum Gasteiger partial charge on any atom is -0.306 e. The number of imidazole rings is 1. The zero-order valence-electron chi connectivity index (χ0n) is 24.7. The van der Waals surface area contributed by atoms with E-state index in [0.29, 0.717) is 0 Å². The van der Waals surface area contributed by atoms with Crippen molar-refractivity contribution in [2.24, 2.45) is 0 Å². The van der Waals surface area contributed by atoms with Crippen LogP contribution in [0.3, 0.4) is 0 Å². The van der Waals surface area contributed by atoms with Gasteiger partial charge in [-0.2, -0.15) is 0 Å². The molecule has 0 unspecified atom stereocenters. The van der Waals surface area contributed by atoms with Crippen molar-refractivity contribution in [3.05, 3.63) is 115 Å². The number of hydrogen-bond acceptors (Lipinski definition) is 2. The van der Waals surface area contributed by atoms with Crippen molar-refractivity contribution in [3.63, 3.8) is 0 Å². The van der Waals surface area contributed by atoms with E-state index in [0.717, 1.165) is 22.4 Å². The first-order valence-electron chi connectivity index (χ1n) is 14.4. The summed E-state index contributed by atoms with van der Waals surface area (Å²) in [5.74, 6) is 0. The van der Waals surface area contributed by atoms with Gasteiger partial charge in [-0.15, -0.1) is 0 Å². The monoisotopic (exact) mass is 533 g/mol. The highest BCUT2D eigenvalue weighted by Crippen LogP contribution is 2.46. The SMILES string of the molecule is CC(C)(C)c1c2cc(-c3ccc(-c4cn5ccccc5n4)cc3)ccc2c(C(C)(C)C)c2c1ccc1cccnc12. The van der Waals surface area contributed by atoms with Crippen LogP contribution in [0.1, 0.15) is 52.7 Å². The molecule has 0 aliphatic carbocycles. The van der Waals surface area contributed by atoms with E-state index in [2.05, 4.69) is 113 Å². The smallest absolute Gasteiger partial charge is 0.137 e. The first kappa shape index (κ1) is 25.5. The molecule has 0 saturated carbocycles. The number of pyridine rings is 2. The molecule has 0 saturated heterocycles. The van der Waals surface area contributed by atoms with Gasteiger partial charge >= 0.3 is 0 Å². The fraction of sp³-hybridized carbons (Fsp3) is 0.211. The van der Waals surface area contributed by atoms with E-state index in [9.17, 15) is 0 Å². The molecule has 41 heavy (non-hydrogen) atoms. The van der Waals surface area contributed by atoms with E-state index in [1.54, 1.807) is 0 Å². The number of nitrogens with zero attached hydrogens (tertiary/aromatic N) is 3. The summed E-state index contributed by atoms with van der Waals surface area (Å²) in [7, 11) is 0. The zero-order chi connectivity index (χ0) is 28.5. The number of aromatic nitrogens is 3. The maximum Gasteiger partial charge on any atom is 0.137 e. The summed E-state index contributed by atoms with van der Waals surface area (Å²) >= 11 is 0. The Kier molecular flexibility index (Phi) is 5.59. The first-order valence-corrected chi connectivity index (χ1v) is 14.4. The van der Waals surface area contributed by atoms with E-state index in [1.807, 2.05) is 36.7 Å². The van der Waals surface area contributed by atoms with Crippen LogP contribution in [0.2, 0.25) is 0 Å². The van der Waals surface area contributed by atoms with Crippen molar-refractivity contribution in [1.82, 2.24) is 14.4 Å². The van der Waals surface area contributed by atoms with Crippen molar-refractivity contribution in [2.45, 2.75) is 52.4 Å². The second-order valence-corrected chi connectivity index (χ2v) is 13.2. The number of benzene rings is 4. The summed E-state index contributed by atoms with van der Waals surface area (Å²) in [5, 5.41) is 6.43. The van der Waals surface area contributed by atoms with Crippen molar-refractivity contribution in [3.8, 4) is 22.4 Å². The van der Waals surface area contributed by atoms with Gasteiger partial charge in [-0.25, -0.2) is 4.98 Å². The standard InChI is InChI=1S/C38H35N3/c1-37(2,3)34-29-19-16-26-10-9-20-39-36(26)33(29)35(38(4,5)6)28-18-17-27(22-30(28)34)24-12-14-25(15-13-24)31-23-41-21-8-7-11-32(41)40-31/h7-23H,1-6H3. The van der Waals surface area contributed by atoms with Crippen molar-refractivity contribution in [2.75, 3.05) is 0 Å². The predicted molar refractivity (Wildman–Crippen MR) is 174 cm³/mol. The molecule has 0 spiro atoms. The molecule has 0 aliphatic rings. The lowest BCUT2D eigenvalue weighted by Gasteiger charge is -2.31. The minimum atomic E-state index is -0.0595. The molecule has 0 atom stereocenters. The van der Waals surface area contributed by atoms with Crippen molar-refractivity contribution in [1.29, 1.82) is 0 Å². The Morgan fingerprint density at radius 1 is 0.610 bits per heavy atom. The Bertz CT molecular complexity index is 2070. The normalized spacial score (nSPS) is 12.6. The summed E-state index contributed by atoms with van der Waals surface area (Å²) in [6.07, 6.45) is 6.05. The molecule has 3 heterocycles. The van der Waals surface area contributed by atoms with Gasteiger partial charge in [0.15, 0.2) is 0 Å². The fourth-order valence-electron chi connectivity index (χ4n) is 6.53. The zero-order valence-corrected chi connectivity index (χ0v) is 24.7. The van der Waals surface area contributed by atoms with Crippen LogP contribution in [-0.4, -0.2) is 14.4 Å². The predicted octanol–water partition coefficient (Wildman–Crippen LogP) is 10.1. The van der Waals surface area contributed by atoms with Gasteiger partial charge in [0.2, 0.25) is 0 Å². The average molecular weight is 534 g/mol. The molecule has 0 N–H and O–H groups in total. The molecule has 4 aromatic carbocycles. The van der Waals surface area contributed by atoms with Crippen LogP contribution >= 0.6 is 0 Å². The molecule has 7 rings (SSSR count). The summed E-state index contributed by atoms with van der Waals surface area (Å²) in [6.45, 7) is 14.0. The fourth-order valence-corrected chi connectivity index (χ4v) is 6.53. The summed E-state index contributed by atoms with van der Waals surface area (Å²) < 4.78 is 2.07. The molecule has 3 nitrogen and oxygen atoms in total. The molecule has 0 radical (unpaired) electrons. The van der Waals surface area contributed by atoms with Gasteiger partial charge in [0.25, 0.3) is 0 Å². The third kappa shape index (κ3) is 4.19. The van der Waals surface area contributed by atoms with Gasteiger partial charge in [-0.1, -0.05) is 102 Å². The van der Waals surface area contributed by atoms with Crippen LogP contribution in [0.25, 0.3) is 60.5 Å². The summed E-state index contributed by atoms with van der Waals surface area (Å²) in [4.78, 5) is 9.73. The van der Waals surface area contributed by atoms with E-state index in [4.69, 9.17) is 9.97 Å². The lowest BCUT2D eigenvalue weighted by atomic mass is 9.73. The van der Waals surface area contributed by atoms with Gasteiger partial charge in [-0.05, 0) is 73.5 Å². The maximum atomic E-state index is 4.92. The average Bonchev–Trinajstić information content (AvgIpc) is 3.39. The van der Waals surface area contributed by atoms with Gasteiger partial charge < -0.3 is 4.40 Å². The molecule has 0 fully saturated rings. The van der Waals surface area contributed by atoms with E-state index < -0.39 is 0 Å². The third-order valence-electron chi connectivity index (χ3n) is 8.23. The lowest BCUT2D eigenvalue weighted by molar-refractivity contribution is 0.593.